The fourth-order valence-corrected chi connectivity index (χ4v) is 1.03. The largest absolute Gasteiger partial charge is 0.507 e. The van der Waals surface area contributed by atoms with Crippen LogP contribution < -0.4 is 0 Å². The van der Waals surface area contributed by atoms with Crippen LogP contribution in [0.2, 0.25) is 0 Å². The van der Waals surface area contributed by atoms with Crippen molar-refractivity contribution in [3.8, 4) is 5.75 Å². The van der Waals surface area contributed by atoms with Crippen molar-refractivity contribution < 1.29 is 10.3 Å². The maximum absolute atomic E-state index is 9.35. The molecule has 0 amide bonds. The van der Waals surface area contributed by atoms with Gasteiger partial charge in [0.05, 0.1) is 5.71 Å². The SMILES string of the molecule is CC/C(=N\O)c1ccccc1O. The predicted octanol–water partition coefficient (Wildman–Crippen LogP) is 1.98. The summed E-state index contributed by atoms with van der Waals surface area (Å²) in [5, 5.41) is 21.0. The highest BCUT2D eigenvalue weighted by Gasteiger charge is 2.05. The molecule has 1 aromatic rings. The van der Waals surface area contributed by atoms with Crippen molar-refractivity contribution in [3.63, 3.8) is 0 Å². The van der Waals surface area contributed by atoms with Crippen LogP contribution in [0.1, 0.15) is 18.9 Å². The summed E-state index contributed by atoms with van der Waals surface area (Å²) in [6, 6.07) is 6.80. The molecular formula is C9H11NO2. The lowest BCUT2D eigenvalue weighted by atomic mass is 10.1. The van der Waals surface area contributed by atoms with E-state index in [0.29, 0.717) is 17.7 Å². The van der Waals surface area contributed by atoms with Gasteiger partial charge in [0.1, 0.15) is 5.75 Å². The average Bonchev–Trinajstić information content (AvgIpc) is 2.10. The zero-order chi connectivity index (χ0) is 8.97. The lowest BCUT2D eigenvalue weighted by molar-refractivity contribution is 0.318. The second-order valence-corrected chi connectivity index (χ2v) is 2.42. The van der Waals surface area contributed by atoms with E-state index in [1.165, 1.54) is 0 Å². The Labute approximate surface area is 71.0 Å². The normalized spacial score (nSPS) is 11.6. The molecule has 0 unspecified atom stereocenters. The van der Waals surface area contributed by atoms with Gasteiger partial charge < -0.3 is 10.3 Å². The summed E-state index contributed by atoms with van der Waals surface area (Å²) in [6.45, 7) is 1.86. The van der Waals surface area contributed by atoms with Crippen LogP contribution in [0, 0.1) is 0 Å². The Morgan fingerprint density at radius 2 is 2.08 bits per heavy atom. The Balaban J connectivity index is 3.10. The monoisotopic (exact) mass is 165 g/mol. The molecule has 0 aromatic heterocycles. The molecule has 0 spiro atoms. The van der Waals surface area contributed by atoms with Gasteiger partial charge in [0.15, 0.2) is 0 Å². The minimum atomic E-state index is 0.146. The predicted molar refractivity (Wildman–Crippen MR) is 46.7 cm³/mol. The van der Waals surface area contributed by atoms with Crippen LogP contribution in [0.3, 0.4) is 0 Å². The molecule has 3 nitrogen and oxygen atoms in total. The quantitative estimate of drug-likeness (QED) is 0.400. The van der Waals surface area contributed by atoms with E-state index in [2.05, 4.69) is 5.16 Å². The van der Waals surface area contributed by atoms with Gasteiger partial charge >= 0.3 is 0 Å². The van der Waals surface area contributed by atoms with Crippen LogP contribution in [-0.4, -0.2) is 16.0 Å². The van der Waals surface area contributed by atoms with Gasteiger partial charge in [-0.2, -0.15) is 0 Å². The van der Waals surface area contributed by atoms with Crippen molar-refractivity contribution in [3.05, 3.63) is 29.8 Å². The van der Waals surface area contributed by atoms with Crippen molar-refractivity contribution in [2.24, 2.45) is 5.16 Å². The van der Waals surface area contributed by atoms with Gasteiger partial charge in [-0.05, 0) is 18.6 Å². The zero-order valence-corrected chi connectivity index (χ0v) is 6.86. The third-order valence-corrected chi connectivity index (χ3v) is 1.67. The van der Waals surface area contributed by atoms with Gasteiger partial charge in [-0.25, -0.2) is 0 Å². The number of para-hydroxylation sites is 1. The molecule has 0 radical (unpaired) electrons. The van der Waals surface area contributed by atoms with Gasteiger partial charge in [0, 0.05) is 5.56 Å². The van der Waals surface area contributed by atoms with Crippen LogP contribution in [0.5, 0.6) is 5.75 Å². The van der Waals surface area contributed by atoms with Crippen molar-refractivity contribution in [1.82, 2.24) is 0 Å². The fourth-order valence-electron chi connectivity index (χ4n) is 1.03. The Morgan fingerprint density at radius 3 is 2.58 bits per heavy atom. The van der Waals surface area contributed by atoms with E-state index in [0.717, 1.165) is 0 Å². The topological polar surface area (TPSA) is 52.8 Å². The Hall–Kier alpha value is -1.51. The molecule has 0 heterocycles. The molecule has 2 N–H and O–H groups in total. The van der Waals surface area contributed by atoms with E-state index in [1.54, 1.807) is 24.3 Å². The highest BCUT2D eigenvalue weighted by Crippen LogP contribution is 2.17. The third kappa shape index (κ3) is 1.56. The van der Waals surface area contributed by atoms with Gasteiger partial charge in [0.2, 0.25) is 0 Å². The number of rotatable bonds is 2. The highest BCUT2D eigenvalue weighted by atomic mass is 16.4. The average molecular weight is 165 g/mol. The van der Waals surface area contributed by atoms with Crippen LogP contribution in [0.25, 0.3) is 0 Å². The Morgan fingerprint density at radius 1 is 1.42 bits per heavy atom. The fraction of sp³-hybridized carbons (Fsp3) is 0.222. The lowest BCUT2D eigenvalue weighted by Gasteiger charge is -2.02. The van der Waals surface area contributed by atoms with E-state index < -0.39 is 0 Å². The number of oxime groups is 1. The number of phenolic OH excluding ortho intramolecular Hbond substituents is 1. The first-order valence-corrected chi connectivity index (χ1v) is 3.79. The van der Waals surface area contributed by atoms with Gasteiger partial charge in [-0.3, -0.25) is 0 Å². The molecule has 12 heavy (non-hydrogen) atoms. The molecule has 0 saturated carbocycles. The summed E-state index contributed by atoms with van der Waals surface area (Å²) in [5.74, 6) is 0.146. The van der Waals surface area contributed by atoms with Crippen molar-refractivity contribution in [1.29, 1.82) is 0 Å². The third-order valence-electron chi connectivity index (χ3n) is 1.67. The summed E-state index contributed by atoms with van der Waals surface area (Å²) in [6.07, 6.45) is 0.591. The standard InChI is InChI=1S/C9H11NO2/c1-2-8(10-12)7-5-3-4-6-9(7)11/h3-6,11-12H,2H2,1H3/b10-8+. The van der Waals surface area contributed by atoms with Gasteiger partial charge in [0.25, 0.3) is 0 Å². The van der Waals surface area contributed by atoms with E-state index in [9.17, 15) is 5.11 Å². The molecule has 0 aliphatic rings. The molecule has 0 fully saturated rings. The Bertz CT molecular complexity index is 294. The molecule has 0 bridgehead atoms. The molecule has 1 rings (SSSR count). The Kier molecular flexibility index (Phi) is 2.69. The van der Waals surface area contributed by atoms with Crippen LogP contribution in [-0.2, 0) is 0 Å². The molecule has 0 atom stereocenters. The van der Waals surface area contributed by atoms with E-state index in [1.807, 2.05) is 6.92 Å². The minimum Gasteiger partial charge on any atom is -0.507 e. The molecule has 0 aliphatic carbocycles. The maximum atomic E-state index is 9.35. The molecule has 3 heteroatoms. The van der Waals surface area contributed by atoms with Crippen molar-refractivity contribution >= 4 is 5.71 Å². The second kappa shape index (κ2) is 3.76. The first-order valence-electron chi connectivity index (χ1n) is 3.79. The number of phenols is 1. The summed E-state index contributed by atoms with van der Waals surface area (Å²) >= 11 is 0. The molecule has 1 aromatic carbocycles. The minimum absolute atomic E-state index is 0.146. The number of benzene rings is 1. The summed E-state index contributed by atoms with van der Waals surface area (Å²) in [4.78, 5) is 0. The molecule has 0 saturated heterocycles. The van der Waals surface area contributed by atoms with Crippen LogP contribution in [0.15, 0.2) is 29.4 Å². The maximum Gasteiger partial charge on any atom is 0.124 e. The van der Waals surface area contributed by atoms with Crippen LogP contribution >= 0.6 is 0 Å². The smallest absolute Gasteiger partial charge is 0.124 e. The summed E-state index contributed by atoms with van der Waals surface area (Å²) < 4.78 is 0. The van der Waals surface area contributed by atoms with Crippen molar-refractivity contribution in [2.45, 2.75) is 13.3 Å². The summed E-state index contributed by atoms with van der Waals surface area (Å²) in [5.41, 5.74) is 1.08. The number of nitrogens with zero attached hydrogens (tertiary/aromatic N) is 1. The zero-order valence-electron chi connectivity index (χ0n) is 6.86. The lowest BCUT2D eigenvalue weighted by Crippen LogP contribution is -1.98. The highest BCUT2D eigenvalue weighted by molar-refractivity contribution is 6.02. The van der Waals surface area contributed by atoms with E-state index >= 15 is 0 Å². The number of aromatic hydroxyl groups is 1. The van der Waals surface area contributed by atoms with E-state index in [-0.39, 0.29) is 5.75 Å². The first kappa shape index (κ1) is 8.59. The number of hydrogen-bond acceptors (Lipinski definition) is 3. The summed E-state index contributed by atoms with van der Waals surface area (Å²) in [7, 11) is 0. The first-order chi connectivity index (χ1) is 5.79. The van der Waals surface area contributed by atoms with Crippen LogP contribution in [0.4, 0.5) is 0 Å². The van der Waals surface area contributed by atoms with Gasteiger partial charge in [-0.15, -0.1) is 0 Å². The number of hydrogen-bond donors (Lipinski definition) is 2. The van der Waals surface area contributed by atoms with Gasteiger partial charge in [-0.1, -0.05) is 24.2 Å². The second-order valence-electron chi connectivity index (χ2n) is 2.42. The van der Waals surface area contributed by atoms with E-state index in [4.69, 9.17) is 5.21 Å². The molecular weight excluding hydrogens is 154 g/mol. The molecule has 64 valence electrons. The van der Waals surface area contributed by atoms with Crippen molar-refractivity contribution in [2.75, 3.05) is 0 Å². The molecule has 0 aliphatic heterocycles.